The summed E-state index contributed by atoms with van der Waals surface area (Å²) in [6.07, 6.45) is 2.02. The summed E-state index contributed by atoms with van der Waals surface area (Å²) in [6.45, 7) is 0. The zero-order chi connectivity index (χ0) is 17.6. The minimum Gasteiger partial charge on any atom is -0.383 e. The van der Waals surface area contributed by atoms with Crippen LogP contribution in [0.5, 0.6) is 0 Å². The molecule has 0 bridgehead atoms. The number of thiazole rings is 1. The van der Waals surface area contributed by atoms with Crippen molar-refractivity contribution in [3.63, 3.8) is 0 Å². The van der Waals surface area contributed by atoms with Gasteiger partial charge in [0.05, 0.1) is 24.7 Å². The van der Waals surface area contributed by atoms with Crippen molar-refractivity contribution in [2.75, 3.05) is 6.26 Å². The summed E-state index contributed by atoms with van der Waals surface area (Å²) in [6, 6.07) is 10.1. The van der Waals surface area contributed by atoms with Crippen LogP contribution in [-0.2, 0) is 0 Å². The van der Waals surface area contributed by atoms with Crippen LogP contribution in [0.15, 0.2) is 39.9 Å². The van der Waals surface area contributed by atoms with Crippen molar-refractivity contribution < 1.29 is 0 Å². The topological polar surface area (TPSA) is 62.8 Å². The molecular formula is C17H12ClN3S4. The van der Waals surface area contributed by atoms with Gasteiger partial charge in [0, 0.05) is 21.0 Å². The summed E-state index contributed by atoms with van der Waals surface area (Å²) in [5.41, 5.74) is 7.57. The number of nitrogens with zero attached hydrogens (tertiary/aromatic N) is 1. The largest absolute Gasteiger partial charge is 0.383 e. The number of nitrogens with one attached hydrogen (secondary N) is 1. The maximum Gasteiger partial charge on any atom is 0.133 e. The van der Waals surface area contributed by atoms with Crippen LogP contribution >= 0.6 is 57.4 Å². The number of hydrogen-bond acceptors (Lipinski definition) is 6. The average molecular weight is 422 g/mol. The van der Waals surface area contributed by atoms with Crippen molar-refractivity contribution in [2.45, 2.75) is 4.21 Å². The quantitative estimate of drug-likeness (QED) is 0.227. The second kappa shape index (κ2) is 6.74. The van der Waals surface area contributed by atoms with E-state index in [-0.39, 0.29) is 5.84 Å². The molecule has 25 heavy (non-hydrogen) atoms. The van der Waals surface area contributed by atoms with Crippen LogP contribution in [0.2, 0.25) is 5.02 Å². The SMILES string of the molecule is CSc1sc(C(=N)N)cc1-c1nc(-c2sc3ccccc3c2Cl)cs1. The highest BCUT2D eigenvalue weighted by molar-refractivity contribution is 8.00. The Balaban J connectivity index is 1.80. The van der Waals surface area contributed by atoms with E-state index in [2.05, 4.69) is 6.07 Å². The molecule has 0 aliphatic heterocycles. The van der Waals surface area contributed by atoms with Gasteiger partial charge in [-0.15, -0.1) is 45.8 Å². The average Bonchev–Trinajstić information content (AvgIpc) is 3.31. The lowest BCUT2D eigenvalue weighted by molar-refractivity contribution is 1.41. The highest BCUT2D eigenvalue weighted by Gasteiger charge is 2.18. The Hall–Kier alpha value is -1.38. The molecule has 0 atom stereocenters. The number of aromatic nitrogens is 1. The van der Waals surface area contributed by atoms with Crippen molar-refractivity contribution in [2.24, 2.45) is 5.73 Å². The number of rotatable bonds is 4. The van der Waals surface area contributed by atoms with Crippen molar-refractivity contribution in [1.29, 1.82) is 5.41 Å². The first kappa shape index (κ1) is 17.1. The molecule has 0 aliphatic rings. The molecule has 0 unspecified atom stereocenters. The molecule has 4 aromatic rings. The lowest BCUT2D eigenvalue weighted by atomic mass is 10.2. The third-order valence-corrected chi connectivity index (χ3v) is 8.53. The lowest BCUT2D eigenvalue weighted by Gasteiger charge is -1.95. The predicted octanol–water partition coefficient (Wildman–Crippen LogP) is 6.41. The van der Waals surface area contributed by atoms with Crippen LogP contribution < -0.4 is 5.73 Å². The highest BCUT2D eigenvalue weighted by atomic mass is 35.5. The van der Waals surface area contributed by atoms with Gasteiger partial charge in [-0.05, 0) is 18.4 Å². The Kier molecular flexibility index (Phi) is 4.59. The van der Waals surface area contributed by atoms with E-state index in [1.54, 1.807) is 34.4 Å². The number of nitrogen functional groups attached to an aromatic ring is 1. The van der Waals surface area contributed by atoms with Gasteiger partial charge in [-0.25, -0.2) is 4.98 Å². The van der Waals surface area contributed by atoms with E-state index in [0.29, 0.717) is 0 Å². The van der Waals surface area contributed by atoms with E-state index in [9.17, 15) is 0 Å². The summed E-state index contributed by atoms with van der Waals surface area (Å²) < 4.78 is 2.28. The monoisotopic (exact) mass is 421 g/mol. The molecule has 4 rings (SSSR count). The Morgan fingerprint density at radius 3 is 2.80 bits per heavy atom. The van der Waals surface area contributed by atoms with E-state index in [1.807, 2.05) is 35.9 Å². The van der Waals surface area contributed by atoms with E-state index in [1.165, 1.54) is 11.3 Å². The van der Waals surface area contributed by atoms with Crippen molar-refractivity contribution in [3.05, 3.63) is 45.6 Å². The van der Waals surface area contributed by atoms with E-state index in [4.69, 9.17) is 27.7 Å². The third-order valence-electron chi connectivity index (χ3n) is 3.65. The molecule has 0 fully saturated rings. The summed E-state index contributed by atoms with van der Waals surface area (Å²) >= 11 is 13.0. The molecule has 0 amide bonds. The fourth-order valence-electron chi connectivity index (χ4n) is 2.49. The molecule has 3 nitrogen and oxygen atoms in total. The molecular weight excluding hydrogens is 410 g/mol. The number of amidine groups is 1. The van der Waals surface area contributed by atoms with Crippen molar-refractivity contribution >= 4 is 73.3 Å². The number of halogens is 1. The smallest absolute Gasteiger partial charge is 0.133 e. The number of nitrogens with two attached hydrogens (primary N) is 1. The van der Waals surface area contributed by atoms with Gasteiger partial charge in [0.25, 0.3) is 0 Å². The Morgan fingerprint density at radius 2 is 2.08 bits per heavy atom. The predicted molar refractivity (Wildman–Crippen MR) is 114 cm³/mol. The maximum atomic E-state index is 7.66. The van der Waals surface area contributed by atoms with Gasteiger partial charge in [-0.3, -0.25) is 5.41 Å². The van der Waals surface area contributed by atoms with Gasteiger partial charge >= 0.3 is 0 Å². The minimum atomic E-state index is 0.0934. The van der Waals surface area contributed by atoms with Gasteiger partial charge < -0.3 is 5.73 Å². The second-order valence-corrected chi connectivity index (χ2v) is 9.62. The van der Waals surface area contributed by atoms with Crippen molar-refractivity contribution in [3.8, 4) is 21.1 Å². The molecule has 0 saturated heterocycles. The Morgan fingerprint density at radius 1 is 1.28 bits per heavy atom. The molecule has 0 aliphatic carbocycles. The van der Waals surface area contributed by atoms with Gasteiger partial charge in [0.2, 0.25) is 0 Å². The zero-order valence-corrected chi connectivity index (χ0v) is 17.0. The molecule has 8 heteroatoms. The van der Waals surface area contributed by atoms with Crippen LogP contribution in [0.4, 0.5) is 0 Å². The van der Waals surface area contributed by atoms with Crippen molar-refractivity contribution in [1.82, 2.24) is 4.98 Å². The number of thiophene rings is 2. The molecule has 0 saturated carbocycles. The van der Waals surface area contributed by atoms with Crippen LogP contribution in [0.3, 0.4) is 0 Å². The molecule has 0 radical (unpaired) electrons. The minimum absolute atomic E-state index is 0.0934. The first-order chi connectivity index (χ1) is 12.1. The van der Waals surface area contributed by atoms with Crippen LogP contribution in [-0.4, -0.2) is 17.1 Å². The van der Waals surface area contributed by atoms with Crippen LogP contribution in [0.25, 0.3) is 31.2 Å². The lowest BCUT2D eigenvalue weighted by Crippen LogP contribution is -2.08. The van der Waals surface area contributed by atoms with E-state index in [0.717, 1.165) is 45.3 Å². The molecule has 1 aromatic carbocycles. The highest BCUT2D eigenvalue weighted by Crippen LogP contribution is 2.44. The normalized spacial score (nSPS) is 11.3. The molecule has 3 N–H and O–H groups in total. The summed E-state index contributed by atoms with van der Waals surface area (Å²) in [5.74, 6) is 0.0934. The van der Waals surface area contributed by atoms with Crippen LogP contribution in [0, 0.1) is 5.41 Å². The first-order valence-electron chi connectivity index (χ1n) is 7.24. The van der Waals surface area contributed by atoms with E-state index < -0.39 is 0 Å². The standard InChI is InChI=1S/C17H12ClN3S4/c1-22-17-9(6-12(25-17)15(19)20)16-21-10(7-23-16)14-13(18)8-4-2-3-5-11(8)24-14/h2-7H,1H3,(H3,19,20). The van der Waals surface area contributed by atoms with Gasteiger partial charge in [0.1, 0.15) is 10.8 Å². The third kappa shape index (κ3) is 3.00. The Labute approximate surface area is 166 Å². The van der Waals surface area contributed by atoms with Crippen LogP contribution in [0.1, 0.15) is 4.88 Å². The maximum absolute atomic E-state index is 7.66. The first-order valence-corrected chi connectivity index (χ1v) is 11.4. The van der Waals surface area contributed by atoms with E-state index >= 15 is 0 Å². The summed E-state index contributed by atoms with van der Waals surface area (Å²) in [7, 11) is 0. The molecule has 126 valence electrons. The number of fused-ring (bicyclic) bond motifs is 1. The zero-order valence-electron chi connectivity index (χ0n) is 13.0. The summed E-state index contributed by atoms with van der Waals surface area (Å²) in [5, 5.41) is 12.5. The summed E-state index contributed by atoms with van der Waals surface area (Å²) in [4.78, 5) is 6.59. The number of thioether (sulfide) groups is 1. The molecule has 0 spiro atoms. The molecule has 3 heterocycles. The fraction of sp³-hybridized carbons (Fsp3) is 0.0588. The Bertz CT molecular complexity index is 1090. The number of benzene rings is 1. The van der Waals surface area contributed by atoms with Gasteiger partial charge in [-0.2, -0.15) is 0 Å². The number of hydrogen-bond donors (Lipinski definition) is 2. The van der Waals surface area contributed by atoms with Gasteiger partial charge in [-0.1, -0.05) is 29.8 Å². The molecule has 3 aromatic heterocycles. The fourth-order valence-corrected chi connectivity index (χ4v) is 6.74. The van der Waals surface area contributed by atoms with Gasteiger partial charge in [0.15, 0.2) is 0 Å². The second-order valence-electron chi connectivity index (χ2n) is 5.21.